The number of esters is 1. The minimum atomic E-state index is -0.455. The number of hydrogen-bond acceptors (Lipinski definition) is 4. The first-order chi connectivity index (χ1) is 10.3. The van der Waals surface area contributed by atoms with Crippen LogP contribution >= 0.6 is 35.7 Å². The van der Waals surface area contributed by atoms with Crippen molar-refractivity contribution in [1.82, 2.24) is 10.6 Å². The van der Waals surface area contributed by atoms with Crippen LogP contribution in [0.15, 0.2) is 4.99 Å². The number of rotatable bonds is 5. The predicted octanol–water partition coefficient (Wildman–Crippen LogP) is 3.18. The molecule has 0 aromatic heterocycles. The second kappa shape index (κ2) is 11.4. The molecular formula is C16H32IN3O2S. The van der Waals surface area contributed by atoms with Gasteiger partial charge in [-0.1, -0.05) is 13.3 Å². The Morgan fingerprint density at radius 3 is 2.61 bits per heavy atom. The van der Waals surface area contributed by atoms with Crippen molar-refractivity contribution in [2.75, 3.05) is 19.3 Å². The van der Waals surface area contributed by atoms with Crippen LogP contribution in [0.1, 0.15) is 53.4 Å². The van der Waals surface area contributed by atoms with Crippen molar-refractivity contribution in [2.45, 2.75) is 70.3 Å². The number of thioether (sulfide) groups is 1. The highest BCUT2D eigenvalue weighted by atomic mass is 127. The van der Waals surface area contributed by atoms with Crippen LogP contribution in [0.25, 0.3) is 0 Å². The maximum atomic E-state index is 11.7. The summed E-state index contributed by atoms with van der Waals surface area (Å²) in [6.45, 7) is 7.95. The normalized spacial score (nSPS) is 22.0. The van der Waals surface area contributed by atoms with Crippen molar-refractivity contribution in [3.8, 4) is 0 Å². The van der Waals surface area contributed by atoms with E-state index in [0.717, 1.165) is 18.1 Å². The standard InChI is InChI=1S/C16H31N3O2S.HI/c1-6-22-13-9-7-8-12(10-13)19-15(17-5)18-11-14(20)21-16(2,3)4;/h12-13H,6-11H2,1-5H3,(H2,17,18,19);1H. The van der Waals surface area contributed by atoms with Gasteiger partial charge in [-0.2, -0.15) is 11.8 Å². The van der Waals surface area contributed by atoms with E-state index in [1.54, 1.807) is 7.05 Å². The summed E-state index contributed by atoms with van der Waals surface area (Å²) in [7, 11) is 1.73. The Bertz CT molecular complexity index is 384. The maximum Gasteiger partial charge on any atom is 0.325 e. The minimum Gasteiger partial charge on any atom is -0.459 e. The second-order valence-corrected chi connectivity index (χ2v) is 8.17. The topological polar surface area (TPSA) is 62.7 Å². The molecule has 1 aliphatic rings. The average Bonchev–Trinajstić information content (AvgIpc) is 2.42. The van der Waals surface area contributed by atoms with Gasteiger partial charge in [-0.15, -0.1) is 24.0 Å². The molecule has 0 aliphatic heterocycles. The molecule has 136 valence electrons. The molecule has 7 heteroatoms. The lowest BCUT2D eigenvalue weighted by atomic mass is 9.95. The third-order valence-electron chi connectivity index (χ3n) is 3.41. The summed E-state index contributed by atoms with van der Waals surface area (Å²) in [5.74, 6) is 1.58. The Morgan fingerprint density at radius 2 is 2.04 bits per heavy atom. The number of nitrogens with zero attached hydrogens (tertiary/aromatic N) is 1. The van der Waals surface area contributed by atoms with Gasteiger partial charge in [0, 0.05) is 18.3 Å². The summed E-state index contributed by atoms with van der Waals surface area (Å²) in [6.07, 6.45) is 4.87. The molecule has 2 N–H and O–H groups in total. The van der Waals surface area contributed by atoms with E-state index >= 15 is 0 Å². The van der Waals surface area contributed by atoms with Gasteiger partial charge in [-0.3, -0.25) is 9.79 Å². The number of halogens is 1. The highest BCUT2D eigenvalue weighted by Crippen LogP contribution is 2.28. The monoisotopic (exact) mass is 457 g/mol. The number of aliphatic imine (C=N–C) groups is 1. The summed E-state index contributed by atoms with van der Waals surface area (Å²) >= 11 is 2.04. The fraction of sp³-hybridized carbons (Fsp3) is 0.875. The first-order valence-corrected chi connectivity index (χ1v) is 9.19. The molecule has 0 radical (unpaired) electrons. The first-order valence-electron chi connectivity index (χ1n) is 8.14. The van der Waals surface area contributed by atoms with Crippen molar-refractivity contribution in [1.29, 1.82) is 0 Å². The van der Waals surface area contributed by atoms with Gasteiger partial charge in [0.1, 0.15) is 12.1 Å². The lowest BCUT2D eigenvalue weighted by Crippen LogP contribution is -2.47. The zero-order valence-corrected chi connectivity index (χ0v) is 18.1. The molecule has 2 unspecified atom stereocenters. The van der Waals surface area contributed by atoms with Crippen LogP contribution in [-0.2, 0) is 9.53 Å². The van der Waals surface area contributed by atoms with E-state index in [9.17, 15) is 4.79 Å². The van der Waals surface area contributed by atoms with Gasteiger partial charge < -0.3 is 15.4 Å². The van der Waals surface area contributed by atoms with Crippen LogP contribution in [0.2, 0.25) is 0 Å². The lowest BCUT2D eigenvalue weighted by Gasteiger charge is -2.30. The highest BCUT2D eigenvalue weighted by molar-refractivity contribution is 14.0. The van der Waals surface area contributed by atoms with E-state index in [2.05, 4.69) is 22.5 Å². The Labute approximate surface area is 162 Å². The molecule has 1 saturated carbocycles. The molecule has 0 amide bonds. The molecule has 5 nitrogen and oxygen atoms in total. The summed E-state index contributed by atoms with van der Waals surface area (Å²) in [6, 6.07) is 0.433. The van der Waals surface area contributed by atoms with Crippen molar-refractivity contribution in [3.05, 3.63) is 0 Å². The zero-order chi connectivity index (χ0) is 16.6. The van der Waals surface area contributed by atoms with E-state index in [-0.39, 0.29) is 36.5 Å². The Morgan fingerprint density at radius 1 is 1.35 bits per heavy atom. The molecule has 2 atom stereocenters. The van der Waals surface area contributed by atoms with Crippen LogP contribution in [0.4, 0.5) is 0 Å². The van der Waals surface area contributed by atoms with Crippen molar-refractivity contribution in [2.24, 2.45) is 4.99 Å². The number of carbonyl (C=O) groups is 1. The van der Waals surface area contributed by atoms with E-state index in [4.69, 9.17) is 4.74 Å². The molecule has 0 aromatic carbocycles. The quantitative estimate of drug-likeness (QED) is 0.288. The second-order valence-electron chi connectivity index (χ2n) is 6.60. The largest absolute Gasteiger partial charge is 0.459 e. The molecule has 1 rings (SSSR count). The Balaban J connectivity index is 0.00000484. The van der Waals surface area contributed by atoms with E-state index in [0.29, 0.717) is 12.0 Å². The molecule has 0 heterocycles. The van der Waals surface area contributed by atoms with Crippen LogP contribution in [0.5, 0.6) is 0 Å². The molecule has 0 aromatic rings. The Kier molecular flexibility index (Phi) is 11.3. The number of carbonyl (C=O) groups excluding carboxylic acids is 1. The molecule has 0 bridgehead atoms. The van der Waals surface area contributed by atoms with Crippen molar-refractivity contribution < 1.29 is 9.53 Å². The molecule has 0 spiro atoms. The third-order valence-corrected chi connectivity index (χ3v) is 4.65. The number of nitrogens with one attached hydrogen (secondary N) is 2. The van der Waals surface area contributed by atoms with Crippen LogP contribution in [0, 0.1) is 0 Å². The smallest absolute Gasteiger partial charge is 0.325 e. The van der Waals surface area contributed by atoms with Crippen LogP contribution < -0.4 is 10.6 Å². The third kappa shape index (κ3) is 10.3. The minimum absolute atomic E-state index is 0. The summed E-state index contributed by atoms with van der Waals surface area (Å²) in [5, 5.41) is 7.21. The van der Waals surface area contributed by atoms with Crippen LogP contribution in [0.3, 0.4) is 0 Å². The van der Waals surface area contributed by atoms with Gasteiger partial charge in [-0.25, -0.2) is 0 Å². The van der Waals surface area contributed by atoms with Crippen molar-refractivity contribution >= 4 is 47.7 Å². The van der Waals surface area contributed by atoms with Gasteiger partial charge in [0.05, 0.1) is 0 Å². The zero-order valence-electron chi connectivity index (χ0n) is 15.0. The van der Waals surface area contributed by atoms with Crippen LogP contribution in [-0.4, -0.2) is 48.2 Å². The average molecular weight is 457 g/mol. The molecular weight excluding hydrogens is 425 g/mol. The van der Waals surface area contributed by atoms with Gasteiger partial charge in [0.25, 0.3) is 0 Å². The summed E-state index contributed by atoms with van der Waals surface area (Å²) in [4.78, 5) is 15.9. The van der Waals surface area contributed by atoms with Gasteiger partial charge >= 0.3 is 5.97 Å². The van der Waals surface area contributed by atoms with Gasteiger partial charge in [0.2, 0.25) is 0 Å². The van der Waals surface area contributed by atoms with Gasteiger partial charge in [-0.05, 0) is 45.8 Å². The molecule has 1 aliphatic carbocycles. The van der Waals surface area contributed by atoms with E-state index in [1.807, 2.05) is 32.5 Å². The number of ether oxygens (including phenoxy) is 1. The lowest BCUT2D eigenvalue weighted by molar-refractivity contribution is -0.153. The number of hydrogen-bond donors (Lipinski definition) is 2. The Hall–Kier alpha value is -0.180. The fourth-order valence-electron chi connectivity index (χ4n) is 2.58. The molecule has 0 saturated heterocycles. The fourth-order valence-corrected chi connectivity index (χ4v) is 3.76. The first kappa shape index (κ1) is 22.8. The van der Waals surface area contributed by atoms with Crippen molar-refractivity contribution in [3.63, 3.8) is 0 Å². The summed E-state index contributed by atoms with van der Waals surface area (Å²) < 4.78 is 5.28. The number of guanidine groups is 1. The summed E-state index contributed by atoms with van der Waals surface area (Å²) in [5.41, 5.74) is -0.455. The maximum absolute atomic E-state index is 11.7. The molecule has 1 fully saturated rings. The van der Waals surface area contributed by atoms with E-state index < -0.39 is 5.60 Å². The molecule has 23 heavy (non-hydrogen) atoms. The SMILES string of the molecule is CCSC1CCCC(NC(=NC)NCC(=O)OC(C)(C)C)C1.I. The van der Waals surface area contributed by atoms with E-state index in [1.165, 1.54) is 18.6 Å². The van der Waals surface area contributed by atoms with Gasteiger partial charge in [0.15, 0.2) is 5.96 Å². The highest BCUT2D eigenvalue weighted by Gasteiger charge is 2.23. The predicted molar refractivity (Wildman–Crippen MR) is 110 cm³/mol.